The average molecular weight is 292 g/mol. The number of benzene rings is 1. The molecule has 0 fully saturated rings. The highest BCUT2D eigenvalue weighted by atomic mass is 31.2. The maximum absolute atomic E-state index is 12.0. The number of aromatic nitrogens is 2. The molecule has 2 aromatic rings. The largest absolute Gasteiger partial charge is 0.486 e. The Morgan fingerprint density at radius 3 is 2.70 bits per heavy atom. The van der Waals surface area contributed by atoms with Gasteiger partial charge in [0.05, 0.1) is 12.7 Å². The normalized spacial score (nSPS) is 14.3. The molecule has 0 radical (unpaired) electrons. The van der Waals surface area contributed by atoms with Crippen LogP contribution < -0.4 is 14.8 Å². The molecular weight excluding hydrogens is 275 g/mol. The van der Waals surface area contributed by atoms with E-state index >= 15 is 0 Å². The molecule has 0 saturated carbocycles. The Kier molecular flexibility index (Phi) is 3.30. The zero-order valence-corrected chi connectivity index (χ0v) is 12.5. The van der Waals surface area contributed by atoms with Gasteiger partial charge in [0.1, 0.15) is 20.4 Å². The molecule has 5 nitrogen and oxygen atoms in total. The number of nitrogens with zero attached hydrogens (tertiary/aromatic N) is 2. The molecule has 0 spiro atoms. The monoisotopic (exact) mass is 292 g/mol. The van der Waals surface area contributed by atoms with E-state index in [1.54, 1.807) is 24.2 Å². The Morgan fingerprint density at radius 1 is 1.25 bits per heavy atom. The van der Waals surface area contributed by atoms with Gasteiger partial charge in [0.2, 0.25) is 0 Å². The lowest BCUT2D eigenvalue weighted by Crippen LogP contribution is -2.15. The molecule has 0 unspecified atom stereocenters. The third kappa shape index (κ3) is 2.73. The summed E-state index contributed by atoms with van der Waals surface area (Å²) in [5, 5.41) is 5.06. The number of rotatable bonds is 3. The van der Waals surface area contributed by atoms with Crippen molar-refractivity contribution < 1.29 is 14.0 Å². The summed E-state index contributed by atoms with van der Waals surface area (Å²) in [6, 6.07) is 5.87. The summed E-state index contributed by atoms with van der Waals surface area (Å²) in [7, 11) is -2.25. The van der Waals surface area contributed by atoms with Gasteiger partial charge in [-0.3, -0.25) is 4.68 Å². The molecular formula is C14H17N2O3P. The molecule has 0 saturated heterocycles. The van der Waals surface area contributed by atoms with Crippen molar-refractivity contribution >= 4 is 12.4 Å². The van der Waals surface area contributed by atoms with Gasteiger partial charge >= 0.3 is 0 Å². The average Bonchev–Trinajstić information content (AvgIpc) is 2.87. The van der Waals surface area contributed by atoms with Gasteiger partial charge in [-0.25, -0.2) is 0 Å². The van der Waals surface area contributed by atoms with E-state index in [4.69, 9.17) is 9.47 Å². The van der Waals surface area contributed by atoms with E-state index in [1.165, 1.54) is 0 Å². The van der Waals surface area contributed by atoms with Crippen LogP contribution in [-0.2, 0) is 11.1 Å². The van der Waals surface area contributed by atoms with Crippen LogP contribution in [0.2, 0.25) is 0 Å². The van der Waals surface area contributed by atoms with Crippen molar-refractivity contribution in [2.24, 2.45) is 0 Å². The molecule has 3 rings (SSSR count). The number of ether oxygens (including phenoxy) is 2. The van der Waals surface area contributed by atoms with E-state index < -0.39 is 7.14 Å². The van der Waals surface area contributed by atoms with Crippen LogP contribution in [0.4, 0.5) is 0 Å². The van der Waals surface area contributed by atoms with E-state index in [0.717, 1.165) is 22.4 Å². The van der Waals surface area contributed by atoms with Gasteiger partial charge in [-0.05, 0) is 31.0 Å². The standard InChI is InChI=1S/C14H17N2O3P/c1-20(2,17)12-8-15-16(10-12)9-11-3-4-13-14(7-11)19-6-5-18-13/h3-4,7-8,10H,5-6,9H2,1-2H3. The van der Waals surface area contributed by atoms with Gasteiger partial charge in [0.25, 0.3) is 0 Å². The first-order valence-corrected chi connectivity index (χ1v) is 9.09. The number of hydrogen-bond acceptors (Lipinski definition) is 4. The van der Waals surface area contributed by atoms with Crippen LogP contribution in [0.3, 0.4) is 0 Å². The summed E-state index contributed by atoms with van der Waals surface area (Å²) < 4.78 is 24.8. The first-order chi connectivity index (χ1) is 9.52. The summed E-state index contributed by atoms with van der Waals surface area (Å²) >= 11 is 0. The molecule has 1 aliphatic heterocycles. The summed E-state index contributed by atoms with van der Waals surface area (Å²) in [6.07, 6.45) is 3.52. The summed E-state index contributed by atoms with van der Waals surface area (Å²) in [4.78, 5) is 0. The predicted molar refractivity (Wildman–Crippen MR) is 77.8 cm³/mol. The second kappa shape index (κ2) is 4.98. The van der Waals surface area contributed by atoms with Crippen LogP contribution in [0, 0.1) is 0 Å². The Morgan fingerprint density at radius 2 is 2.00 bits per heavy atom. The SMILES string of the molecule is CP(C)(=O)c1cnn(Cc2ccc3c(c2)OCCO3)c1. The van der Waals surface area contributed by atoms with Crippen LogP contribution in [0.5, 0.6) is 11.5 Å². The van der Waals surface area contributed by atoms with Gasteiger partial charge in [-0.15, -0.1) is 0 Å². The third-order valence-electron chi connectivity index (χ3n) is 3.19. The maximum atomic E-state index is 12.0. The Labute approximate surface area is 117 Å². The van der Waals surface area contributed by atoms with Gasteiger partial charge in [0, 0.05) is 11.5 Å². The predicted octanol–water partition coefficient (Wildman–Crippen LogP) is 1.95. The van der Waals surface area contributed by atoms with E-state index in [9.17, 15) is 4.57 Å². The second-order valence-electron chi connectivity index (χ2n) is 5.22. The fraction of sp³-hybridized carbons (Fsp3) is 0.357. The number of fused-ring (bicyclic) bond motifs is 1. The Balaban J connectivity index is 1.81. The smallest absolute Gasteiger partial charge is 0.161 e. The minimum absolute atomic E-state index is 0.581. The highest BCUT2D eigenvalue weighted by Crippen LogP contribution is 2.34. The first kappa shape index (κ1) is 13.3. The molecule has 0 atom stereocenters. The number of hydrogen-bond donors (Lipinski definition) is 0. The second-order valence-corrected chi connectivity index (χ2v) is 8.44. The van der Waals surface area contributed by atoms with Crippen molar-refractivity contribution in [3.63, 3.8) is 0 Å². The Hall–Kier alpha value is -1.74. The highest BCUT2D eigenvalue weighted by molar-refractivity contribution is 7.70. The van der Waals surface area contributed by atoms with Gasteiger partial charge in [-0.1, -0.05) is 6.07 Å². The molecule has 1 aromatic heterocycles. The molecule has 0 N–H and O–H groups in total. The van der Waals surface area contributed by atoms with Crippen molar-refractivity contribution in [3.8, 4) is 11.5 Å². The van der Waals surface area contributed by atoms with Crippen molar-refractivity contribution in [2.75, 3.05) is 26.5 Å². The fourth-order valence-electron chi connectivity index (χ4n) is 2.09. The molecule has 1 aromatic carbocycles. The van der Waals surface area contributed by atoms with Crippen LogP contribution >= 0.6 is 7.14 Å². The van der Waals surface area contributed by atoms with Crippen LogP contribution in [0.25, 0.3) is 0 Å². The van der Waals surface area contributed by atoms with Crippen molar-refractivity contribution in [1.82, 2.24) is 9.78 Å². The summed E-state index contributed by atoms with van der Waals surface area (Å²) in [5.74, 6) is 1.56. The first-order valence-electron chi connectivity index (χ1n) is 6.49. The molecule has 106 valence electrons. The zero-order chi connectivity index (χ0) is 14.2. The quantitative estimate of drug-likeness (QED) is 0.811. The molecule has 6 heteroatoms. The van der Waals surface area contributed by atoms with E-state index in [0.29, 0.717) is 19.8 Å². The molecule has 20 heavy (non-hydrogen) atoms. The van der Waals surface area contributed by atoms with Gasteiger partial charge in [-0.2, -0.15) is 5.10 Å². The molecule has 2 heterocycles. The molecule has 0 bridgehead atoms. The highest BCUT2D eigenvalue weighted by Gasteiger charge is 2.15. The lowest BCUT2D eigenvalue weighted by atomic mass is 10.2. The molecule has 0 amide bonds. The topological polar surface area (TPSA) is 53.4 Å². The van der Waals surface area contributed by atoms with Gasteiger partial charge < -0.3 is 14.0 Å². The summed E-state index contributed by atoms with van der Waals surface area (Å²) in [6.45, 7) is 5.29. The van der Waals surface area contributed by atoms with E-state index in [2.05, 4.69) is 5.10 Å². The zero-order valence-electron chi connectivity index (χ0n) is 11.6. The lowest BCUT2D eigenvalue weighted by Gasteiger charge is -2.18. The van der Waals surface area contributed by atoms with Crippen LogP contribution in [0.15, 0.2) is 30.6 Å². The lowest BCUT2D eigenvalue weighted by molar-refractivity contribution is 0.171. The van der Waals surface area contributed by atoms with E-state index in [1.807, 2.05) is 24.4 Å². The minimum Gasteiger partial charge on any atom is -0.486 e. The Bertz CT molecular complexity index is 675. The van der Waals surface area contributed by atoms with E-state index in [-0.39, 0.29) is 0 Å². The fourth-order valence-corrected chi connectivity index (χ4v) is 2.83. The van der Waals surface area contributed by atoms with Crippen LogP contribution in [0.1, 0.15) is 5.56 Å². The molecule has 0 aliphatic carbocycles. The van der Waals surface area contributed by atoms with Crippen molar-refractivity contribution in [2.45, 2.75) is 6.54 Å². The molecule has 1 aliphatic rings. The van der Waals surface area contributed by atoms with Crippen molar-refractivity contribution in [1.29, 1.82) is 0 Å². The maximum Gasteiger partial charge on any atom is 0.161 e. The van der Waals surface area contributed by atoms with Gasteiger partial charge in [0.15, 0.2) is 11.5 Å². The third-order valence-corrected chi connectivity index (χ3v) is 4.67. The van der Waals surface area contributed by atoms with Crippen molar-refractivity contribution in [3.05, 3.63) is 36.2 Å². The minimum atomic E-state index is -2.25. The summed E-state index contributed by atoms with van der Waals surface area (Å²) in [5.41, 5.74) is 1.07. The van der Waals surface area contributed by atoms with Crippen LogP contribution in [-0.4, -0.2) is 36.3 Å².